The molecule has 7 nitrogen and oxygen atoms in total. The number of hydrogen-bond acceptors (Lipinski definition) is 7. The van der Waals surface area contributed by atoms with E-state index in [2.05, 4.69) is 37.3 Å². The first-order valence-electron chi connectivity index (χ1n) is 11.5. The average Bonchev–Trinajstić information content (AvgIpc) is 3.56. The first kappa shape index (κ1) is 24.8. The molecule has 1 fully saturated rings. The molecule has 0 N–H and O–H groups in total. The number of sulfonamides is 1. The summed E-state index contributed by atoms with van der Waals surface area (Å²) < 4.78 is 34.5. The monoisotopic (exact) mass is 538 g/mol. The van der Waals surface area contributed by atoms with Crippen molar-refractivity contribution in [2.45, 2.75) is 18.7 Å². The summed E-state index contributed by atoms with van der Waals surface area (Å²) in [5, 5.41) is 9.02. The molecule has 186 valence electrons. The van der Waals surface area contributed by atoms with Crippen molar-refractivity contribution in [1.29, 1.82) is 0 Å². The minimum atomic E-state index is -3.55. The molecular formula is C26H26N4O3S3. The van der Waals surface area contributed by atoms with Crippen molar-refractivity contribution in [3.63, 3.8) is 0 Å². The fourth-order valence-corrected chi connectivity index (χ4v) is 6.86. The Kier molecular flexibility index (Phi) is 7.31. The van der Waals surface area contributed by atoms with E-state index >= 15 is 0 Å². The summed E-state index contributed by atoms with van der Waals surface area (Å²) in [4.78, 5) is 6.88. The van der Waals surface area contributed by atoms with Crippen LogP contribution in [0, 0.1) is 6.92 Å². The van der Waals surface area contributed by atoms with E-state index in [4.69, 9.17) is 14.8 Å². The third-order valence-corrected chi connectivity index (χ3v) is 9.47. The third kappa shape index (κ3) is 5.28. The molecule has 5 rings (SSSR count). The van der Waals surface area contributed by atoms with Gasteiger partial charge in [0.1, 0.15) is 0 Å². The SMILES string of the molecule is CC(=Nn1c(-c2cccs2)csc1=Nc1ccc(S(=O)(=O)N2CCOCC2)cc1)c1ccc(C)cc1. The van der Waals surface area contributed by atoms with Crippen LogP contribution in [0.15, 0.2) is 86.4 Å². The molecule has 1 saturated heterocycles. The van der Waals surface area contributed by atoms with Crippen molar-refractivity contribution < 1.29 is 13.2 Å². The van der Waals surface area contributed by atoms with E-state index in [-0.39, 0.29) is 4.90 Å². The maximum absolute atomic E-state index is 12.9. The molecular weight excluding hydrogens is 513 g/mol. The number of rotatable bonds is 6. The van der Waals surface area contributed by atoms with Gasteiger partial charge in [-0.05, 0) is 55.1 Å². The lowest BCUT2D eigenvalue weighted by molar-refractivity contribution is 0.0730. The molecule has 0 saturated carbocycles. The Morgan fingerprint density at radius 1 is 0.972 bits per heavy atom. The lowest BCUT2D eigenvalue weighted by Crippen LogP contribution is -2.40. The topological polar surface area (TPSA) is 76.3 Å². The van der Waals surface area contributed by atoms with Gasteiger partial charge < -0.3 is 4.74 Å². The number of nitrogens with zero attached hydrogens (tertiary/aromatic N) is 4. The van der Waals surface area contributed by atoms with E-state index < -0.39 is 10.0 Å². The van der Waals surface area contributed by atoms with E-state index in [0.717, 1.165) is 21.8 Å². The molecule has 10 heteroatoms. The molecule has 4 aromatic rings. The van der Waals surface area contributed by atoms with Crippen LogP contribution in [0.3, 0.4) is 0 Å². The average molecular weight is 539 g/mol. The second kappa shape index (κ2) is 10.6. The molecule has 0 unspecified atom stereocenters. The molecule has 2 aromatic heterocycles. The van der Waals surface area contributed by atoms with Crippen LogP contribution in [0.25, 0.3) is 10.6 Å². The largest absolute Gasteiger partial charge is 0.379 e. The number of benzene rings is 2. The number of hydrogen-bond donors (Lipinski definition) is 0. The predicted octanol–water partition coefficient (Wildman–Crippen LogP) is 5.11. The van der Waals surface area contributed by atoms with Gasteiger partial charge in [-0.25, -0.2) is 18.1 Å². The van der Waals surface area contributed by atoms with Gasteiger partial charge in [0.05, 0.1) is 40.1 Å². The molecule has 36 heavy (non-hydrogen) atoms. The minimum Gasteiger partial charge on any atom is -0.379 e. The zero-order chi connectivity index (χ0) is 25.1. The van der Waals surface area contributed by atoms with Crippen molar-refractivity contribution in [2.75, 3.05) is 26.3 Å². The van der Waals surface area contributed by atoms with Gasteiger partial charge in [0.15, 0.2) is 0 Å². The molecule has 0 bridgehead atoms. The molecule has 0 atom stereocenters. The van der Waals surface area contributed by atoms with E-state index in [0.29, 0.717) is 36.8 Å². The Morgan fingerprint density at radius 3 is 2.36 bits per heavy atom. The van der Waals surface area contributed by atoms with Gasteiger partial charge >= 0.3 is 0 Å². The van der Waals surface area contributed by atoms with Crippen LogP contribution >= 0.6 is 22.7 Å². The summed E-state index contributed by atoms with van der Waals surface area (Å²) >= 11 is 3.14. The van der Waals surface area contributed by atoms with E-state index in [1.54, 1.807) is 35.6 Å². The van der Waals surface area contributed by atoms with Crippen molar-refractivity contribution >= 4 is 44.1 Å². The number of thiophene rings is 1. The molecule has 1 aliphatic heterocycles. The van der Waals surface area contributed by atoms with E-state index in [1.807, 2.05) is 28.4 Å². The summed E-state index contributed by atoms with van der Waals surface area (Å²) in [7, 11) is -3.55. The molecule has 0 radical (unpaired) electrons. The van der Waals surface area contributed by atoms with E-state index in [1.165, 1.54) is 21.2 Å². The van der Waals surface area contributed by atoms with Crippen molar-refractivity contribution in [1.82, 2.24) is 8.98 Å². The van der Waals surface area contributed by atoms with Crippen LogP contribution in [-0.2, 0) is 14.8 Å². The summed E-state index contributed by atoms with van der Waals surface area (Å²) in [5.41, 5.74) is 4.74. The maximum atomic E-state index is 12.9. The lowest BCUT2D eigenvalue weighted by atomic mass is 10.1. The molecule has 1 aliphatic rings. The normalized spacial score (nSPS) is 15.9. The Hall–Kier alpha value is -2.89. The highest BCUT2D eigenvalue weighted by Crippen LogP contribution is 2.26. The molecule has 0 spiro atoms. The fourth-order valence-electron chi connectivity index (χ4n) is 3.81. The Morgan fingerprint density at radius 2 is 1.69 bits per heavy atom. The number of aryl methyl sites for hydroxylation is 1. The molecule has 0 aliphatic carbocycles. The second-order valence-electron chi connectivity index (χ2n) is 8.37. The second-order valence-corrected chi connectivity index (χ2v) is 12.1. The van der Waals surface area contributed by atoms with Crippen molar-refractivity contribution in [2.24, 2.45) is 10.1 Å². The van der Waals surface area contributed by atoms with Crippen LogP contribution in [0.4, 0.5) is 5.69 Å². The summed E-state index contributed by atoms with van der Waals surface area (Å²) in [6.07, 6.45) is 0. The van der Waals surface area contributed by atoms with Crippen LogP contribution in [-0.4, -0.2) is 49.4 Å². The smallest absolute Gasteiger partial charge is 0.243 e. The standard InChI is InChI=1S/C26H26N4O3S3/c1-19-5-7-21(8-6-19)20(2)28-30-24(25-4-3-17-34-25)18-35-26(30)27-22-9-11-23(12-10-22)36(31,32)29-13-15-33-16-14-29/h3-12,17-18H,13-16H2,1-2H3. The minimum absolute atomic E-state index is 0.259. The summed E-state index contributed by atoms with van der Waals surface area (Å²) in [6.45, 7) is 5.62. The maximum Gasteiger partial charge on any atom is 0.243 e. The van der Waals surface area contributed by atoms with Crippen LogP contribution in [0.5, 0.6) is 0 Å². The van der Waals surface area contributed by atoms with Crippen LogP contribution in [0.2, 0.25) is 0 Å². The zero-order valence-corrected chi connectivity index (χ0v) is 22.4. The molecule has 3 heterocycles. The van der Waals surface area contributed by atoms with E-state index in [9.17, 15) is 8.42 Å². The Balaban J connectivity index is 1.52. The lowest BCUT2D eigenvalue weighted by Gasteiger charge is -2.26. The van der Waals surface area contributed by atoms with Gasteiger partial charge in [0, 0.05) is 18.5 Å². The highest BCUT2D eigenvalue weighted by molar-refractivity contribution is 7.89. The van der Waals surface area contributed by atoms with Crippen molar-refractivity contribution in [3.8, 4) is 10.6 Å². The van der Waals surface area contributed by atoms with Crippen LogP contribution in [0.1, 0.15) is 18.1 Å². The Labute approximate surface area is 218 Å². The predicted molar refractivity (Wildman–Crippen MR) is 146 cm³/mol. The fraction of sp³-hybridized carbons (Fsp3) is 0.231. The number of aromatic nitrogens is 1. The third-order valence-electron chi connectivity index (χ3n) is 5.85. The zero-order valence-electron chi connectivity index (χ0n) is 20.0. The Bertz CT molecular complexity index is 1530. The van der Waals surface area contributed by atoms with Gasteiger partial charge in [-0.1, -0.05) is 35.9 Å². The summed E-state index contributed by atoms with van der Waals surface area (Å²) in [6, 6.07) is 19.1. The number of ether oxygens (including phenoxy) is 1. The van der Waals surface area contributed by atoms with Gasteiger partial charge in [0.2, 0.25) is 14.8 Å². The van der Waals surface area contributed by atoms with Gasteiger partial charge in [-0.3, -0.25) is 0 Å². The van der Waals surface area contributed by atoms with Gasteiger partial charge in [-0.15, -0.1) is 22.7 Å². The van der Waals surface area contributed by atoms with Crippen molar-refractivity contribution in [3.05, 3.63) is 87.4 Å². The van der Waals surface area contributed by atoms with Gasteiger partial charge in [-0.2, -0.15) is 9.41 Å². The highest BCUT2D eigenvalue weighted by atomic mass is 32.2. The molecule has 2 aromatic carbocycles. The van der Waals surface area contributed by atoms with Gasteiger partial charge in [0.25, 0.3) is 0 Å². The number of morpholine rings is 1. The quantitative estimate of drug-likeness (QED) is 0.320. The van der Waals surface area contributed by atoms with Crippen LogP contribution < -0.4 is 4.80 Å². The first-order chi connectivity index (χ1) is 17.4. The number of thiazole rings is 1. The highest BCUT2D eigenvalue weighted by Gasteiger charge is 2.26. The molecule has 0 amide bonds. The summed E-state index contributed by atoms with van der Waals surface area (Å²) in [5.74, 6) is 0. The first-order valence-corrected chi connectivity index (χ1v) is 14.7.